The molecule has 1 aromatic heterocycles. The number of hydrogen-bond donors (Lipinski definition) is 1. The number of morpholine rings is 1. The summed E-state index contributed by atoms with van der Waals surface area (Å²) in [6.07, 6.45) is 2.95. The van der Waals surface area contributed by atoms with Crippen molar-refractivity contribution in [3.63, 3.8) is 0 Å². The molecule has 0 aliphatic carbocycles. The Morgan fingerprint density at radius 1 is 1.14 bits per heavy atom. The van der Waals surface area contributed by atoms with E-state index < -0.39 is 6.09 Å². The van der Waals surface area contributed by atoms with Gasteiger partial charge < -0.3 is 14.4 Å². The fourth-order valence-electron chi connectivity index (χ4n) is 4.97. The lowest BCUT2D eigenvalue weighted by Gasteiger charge is -2.41. The molecule has 2 aromatic carbocycles. The number of anilines is 2. The van der Waals surface area contributed by atoms with Crippen molar-refractivity contribution in [3.8, 4) is 17.5 Å². The van der Waals surface area contributed by atoms with E-state index in [1.807, 2.05) is 25.1 Å². The minimum Gasteiger partial charge on any atom is -0.406 e. The number of nitriles is 1. The molecule has 0 unspecified atom stereocenters. The van der Waals surface area contributed by atoms with Crippen molar-refractivity contribution < 1.29 is 14.3 Å². The van der Waals surface area contributed by atoms with Crippen molar-refractivity contribution in [1.29, 1.82) is 5.26 Å². The molecule has 1 amide bonds. The molecule has 3 heterocycles. The standard InChI is InChI=1S/C27H29ClN6O3/c1-19-26(18-30-34(19)24-5-2-21(28)3-6-24)37-27(35)31-22-4-7-25(20(16-22)17-29)33-10-8-23(9-11-33)32-12-14-36-15-13-32/h2-7,16,18,23H,8-15H2,1H3,(H,31,35). The van der Waals surface area contributed by atoms with Gasteiger partial charge >= 0.3 is 6.09 Å². The Hall–Kier alpha value is -3.58. The van der Waals surface area contributed by atoms with Crippen LogP contribution in [0.15, 0.2) is 48.7 Å². The molecule has 9 nitrogen and oxygen atoms in total. The Kier molecular flexibility index (Phi) is 7.60. The van der Waals surface area contributed by atoms with Gasteiger partial charge in [0.1, 0.15) is 6.07 Å². The largest absolute Gasteiger partial charge is 0.417 e. The fraction of sp³-hybridized carbons (Fsp3) is 0.370. The van der Waals surface area contributed by atoms with E-state index >= 15 is 0 Å². The number of amides is 1. The summed E-state index contributed by atoms with van der Waals surface area (Å²) in [4.78, 5) is 17.4. The van der Waals surface area contributed by atoms with Crippen molar-refractivity contribution in [3.05, 3.63) is 64.9 Å². The highest BCUT2D eigenvalue weighted by Gasteiger charge is 2.27. The Bertz CT molecular complexity index is 1290. The molecule has 0 atom stereocenters. The van der Waals surface area contributed by atoms with Crippen molar-refractivity contribution >= 4 is 29.1 Å². The molecule has 0 bridgehead atoms. The Balaban J connectivity index is 1.20. The summed E-state index contributed by atoms with van der Waals surface area (Å²) in [7, 11) is 0. The van der Waals surface area contributed by atoms with Crippen LogP contribution in [0.25, 0.3) is 5.69 Å². The summed E-state index contributed by atoms with van der Waals surface area (Å²) in [5, 5.41) is 17.5. The van der Waals surface area contributed by atoms with Crippen LogP contribution in [0.1, 0.15) is 24.1 Å². The van der Waals surface area contributed by atoms with E-state index in [-0.39, 0.29) is 0 Å². The van der Waals surface area contributed by atoms with Crippen LogP contribution < -0.4 is 15.0 Å². The first kappa shape index (κ1) is 25.1. The molecular weight excluding hydrogens is 492 g/mol. The predicted molar refractivity (Wildman–Crippen MR) is 142 cm³/mol. The van der Waals surface area contributed by atoms with Gasteiger partial charge in [0, 0.05) is 42.9 Å². The molecule has 5 rings (SSSR count). The number of halogens is 1. The van der Waals surface area contributed by atoms with Gasteiger partial charge in [0.2, 0.25) is 0 Å². The summed E-state index contributed by atoms with van der Waals surface area (Å²) < 4.78 is 12.6. The number of nitrogens with zero attached hydrogens (tertiary/aromatic N) is 5. The second-order valence-corrected chi connectivity index (χ2v) is 9.64. The van der Waals surface area contributed by atoms with Crippen LogP contribution in [-0.2, 0) is 4.74 Å². The van der Waals surface area contributed by atoms with Crippen LogP contribution in [0.5, 0.6) is 5.75 Å². The smallest absolute Gasteiger partial charge is 0.406 e. The predicted octanol–water partition coefficient (Wildman–Crippen LogP) is 4.62. The first-order valence-electron chi connectivity index (χ1n) is 12.4. The number of aromatic nitrogens is 2. The number of piperidine rings is 1. The molecule has 2 aliphatic heterocycles. The molecule has 37 heavy (non-hydrogen) atoms. The van der Waals surface area contributed by atoms with E-state index in [1.54, 1.807) is 28.9 Å². The van der Waals surface area contributed by atoms with Gasteiger partial charge in [0.25, 0.3) is 0 Å². The summed E-state index contributed by atoms with van der Waals surface area (Å²) in [5.74, 6) is 0.340. The molecule has 2 aliphatic rings. The average molecular weight is 521 g/mol. The van der Waals surface area contributed by atoms with Crippen molar-refractivity contribution in [2.45, 2.75) is 25.8 Å². The highest BCUT2D eigenvalue weighted by atomic mass is 35.5. The number of ether oxygens (including phenoxy) is 2. The van der Waals surface area contributed by atoms with Crippen LogP contribution in [-0.4, -0.2) is 66.2 Å². The van der Waals surface area contributed by atoms with Crippen molar-refractivity contribution in [1.82, 2.24) is 14.7 Å². The highest BCUT2D eigenvalue weighted by molar-refractivity contribution is 6.30. The first-order valence-corrected chi connectivity index (χ1v) is 12.8. The van der Waals surface area contributed by atoms with E-state index in [4.69, 9.17) is 21.1 Å². The number of hydrogen-bond acceptors (Lipinski definition) is 7. The second-order valence-electron chi connectivity index (χ2n) is 9.21. The lowest BCUT2D eigenvalue weighted by Crippen LogP contribution is -2.49. The lowest BCUT2D eigenvalue weighted by molar-refractivity contribution is 0.0115. The fourth-order valence-corrected chi connectivity index (χ4v) is 5.10. The van der Waals surface area contributed by atoms with Crippen LogP contribution in [0.3, 0.4) is 0 Å². The molecule has 2 fully saturated rings. The minimum absolute atomic E-state index is 0.340. The molecule has 1 N–H and O–H groups in total. The van der Waals surface area contributed by atoms with E-state index in [0.29, 0.717) is 33.8 Å². The third-order valence-corrected chi connectivity index (χ3v) is 7.22. The monoisotopic (exact) mass is 520 g/mol. The van der Waals surface area contributed by atoms with E-state index in [0.717, 1.165) is 63.6 Å². The third-order valence-electron chi connectivity index (χ3n) is 6.97. The summed E-state index contributed by atoms with van der Waals surface area (Å²) in [6.45, 7) is 7.19. The SMILES string of the molecule is Cc1c(OC(=O)Nc2ccc(N3CCC(N4CCOCC4)CC3)c(C#N)c2)cnn1-c1ccc(Cl)cc1. The van der Waals surface area contributed by atoms with Gasteiger partial charge in [-0.25, -0.2) is 9.48 Å². The Morgan fingerprint density at radius 2 is 1.86 bits per heavy atom. The van der Waals surface area contributed by atoms with Crippen LogP contribution in [0, 0.1) is 18.3 Å². The number of benzene rings is 2. The average Bonchev–Trinajstić information content (AvgIpc) is 3.29. The minimum atomic E-state index is -0.651. The molecule has 10 heteroatoms. The van der Waals surface area contributed by atoms with Crippen LogP contribution in [0.4, 0.5) is 16.2 Å². The zero-order valence-electron chi connectivity index (χ0n) is 20.7. The third kappa shape index (κ3) is 5.72. The van der Waals surface area contributed by atoms with E-state index in [2.05, 4.69) is 26.3 Å². The van der Waals surface area contributed by atoms with Gasteiger partial charge in [-0.1, -0.05) is 11.6 Å². The maximum Gasteiger partial charge on any atom is 0.417 e. The van der Waals surface area contributed by atoms with E-state index in [1.165, 1.54) is 6.20 Å². The van der Waals surface area contributed by atoms with Gasteiger partial charge in [-0.05, 0) is 62.2 Å². The molecule has 0 saturated carbocycles. The zero-order chi connectivity index (χ0) is 25.8. The second kappa shape index (κ2) is 11.2. The molecular formula is C27H29ClN6O3. The van der Waals surface area contributed by atoms with Gasteiger partial charge in [0.05, 0.1) is 42.0 Å². The molecule has 3 aromatic rings. The highest BCUT2D eigenvalue weighted by Crippen LogP contribution is 2.29. The van der Waals surface area contributed by atoms with Crippen LogP contribution in [0.2, 0.25) is 5.02 Å². The first-order chi connectivity index (χ1) is 18.0. The summed E-state index contributed by atoms with van der Waals surface area (Å²) >= 11 is 5.96. The van der Waals surface area contributed by atoms with Gasteiger partial charge in [-0.2, -0.15) is 10.4 Å². The van der Waals surface area contributed by atoms with E-state index in [9.17, 15) is 10.1 Å². The molecule has 0 spiro atoms. The van der Waals surface area contributed by atoms with Crippen molar-refractivity contribution in [2.24, 2.45) is 0 Å². The molecule has 2 saturated heterocycles. The quantitative estimate of drug-likeness (QED) is 0.524. The van der Waals surface area contributed by atoms with Gasteiger partial charge in [-0.15, -0.1) is 0 Å². The zero-order valence-corrected chi connectivity index (χ0v) is 21.4. The maximum absolute atomic E-state index is 12.6. The Labute approximate surface area is 221 Å². The number of carbonyl (C=O) groups is 1. The topological polar surface area (TPSA) is 95.7 Å². The van der Waals surface area contributed by atoms with Gasteiger partial charge in [0.15, 0.2) is 5.75 Å². The number of carbonyl (C=O) groups excluding carboxylic acids is 1. The lowest BCUT2D eigenvalue weighted by atomic mass is 10.0. The normalized spacial score (nSPS) is 16.8. The van der Waals surface area contributed by atoms with Gasteiger partial charge in [-0.3, -0.25) is 10.2 Å². The maximum atomic E-state index is 12.6. The molecule has 192 valence electrons. The Morgan fingerprint density at radius 3 is 2.57 bits per heavy atom. The number of nitrogens with one attached hydrogen (secondary N) is 1. The summed E-state index contributed by atoms with van der Waals surface area (Å²) in [6, 6.07) is 15.4. The van der Waals surface area contributed by atoms with Crippen LogP contribution >= 0.6 is 11.6 Å². The van der Waals surface area contributed by atoms with Crippen molar-refractivity contribution in [2.75, 3.05) is 49.6 Å². The molecule has 0 radical (unpaired) electrons. The number of rotatable bonds is 5. The summed E-state index contributed by atoms with van der Waals surface area (Å²) in [5.41, 5.74) is 3.39.